The molecule has 1 aliphatic rings. The summed E-state index contributed by atoms with van der Waals surface area (Å²) in [5.74, 6) is 0.332. The summed E-state index contributed by atoms with van der Waals surface area (Å²) >= 11 is 0. The van der Waals surface area contributed by atoms with Crippen LogP contribution < -0.4 is 10.6 Å². The van der Waals surface area contributed by atoms with Gasteiger partial charge in [0.25, 0.3) is 0 Å². The second kappa shape index (κ2) is 6.02. The standard InChI is InChI=1S/C18H18N2O2/c1-12(21)19-14-7-9-15(10-8-14)20-18(22)17-11-16(17)13-5-3-2-4-6-13/h2-10,16-17H,11H2,1H3,(H,19,21)(H,20,22)/t16-,17+/m1/s1. The molecule has 0 bridgehead atoms. The number of hydrogen-bond acceptors (Lipinski definition) is 2. The van der Waals surface area contributed by atoms with Crippen molar-refractivity contribution >= 4 is 23.2 Å². The van der Waals surface area contributed by atoms with Crippen LogP contribution in [0.15, 0.2) is 54.6 Å². The van der Waals surface area contributed by atoms with Crippen LogP contribution in [0.3, 0.4) is 0 Å². The minimum atomic E-state index is -0.111. The van der Waals surface area contributed by atoms with E-state index in [0.717, 1.165) is 17.8 Å². The number of rotatable bonds is 4. The van der Waals surface area contributed by atoms with Crippen molar-refractivity contribution in [1.29, 1.82) is 0 Å². The van der Waals surface area contributed by atoms with Crippen LogP contribution >= 0.6 is 0 Å². The van der Waals surface area contributed by atoms with E-state index in [9.17, 15) is 9.59 Å². The van der Waals surface area contributed by atoms with Gasteiger partial charge < -0.3 is 10.6 Å². The third-order valence-electron chi connectivity index (χ3n) is 3.83. The van der Waals surface area contributed by atoms with E-state index in [1.54, 1.807) is 24.3 Å². The van der Waals surface area contributed by atoms with Gasteiger partial charge in [0.05, 0.1) is 0 Å². The molecule has 0 heterocycles. The summed E-state index contributed by atoms with van der Waals surface area (Å²) in [4.78, 5) is 23.2. The van der Waals surface area contributed by atoms with Gasteiger partial charge in [0.1, 0.15) is 0 Å². The highest BCUT2D eigenvalue weighted by Crippen LogP contribution is 2.47. The lowest BCUT2D eigenvalue weighted by Gasteiger charge is -2.07. The molecule has 3 rings (SSSR count). The van der Waals surface area contributed by atoms with Crippen LogP contribution in [-0.2, 0) is 9.59 Å². The molecule has 0 unspecified atom stereocenters. The largest absolute Gasteiger partial charge is 0.326 e. The quantitative estimate of drug-likeness (QED) is 0.908. The predicted molar refractivity (Wildman–Crippen MR) is 86.7 cm³/mol. The average molecular weight is 294 g/mol. The molecule has 1 fully saturated rings. The van der Waals surface area contributed by atoms with E-state index in [-0.39, 0.29) is 17.7 Å². The molecular formula is C18H18N2O2. The first-order chi connectivity index (χ1) is 10.6. The van der Waals surface area contributed by atoms with Gasteiger partial charge in [-0.15, -0.1) is 0 Å². The van der Waals surface area contributed by atoms with Gasteiger partial charge in [-0.25, -0.2) is 0 Å². The topological polar surface area (TPSA) is 58.2 Å². The molecular weight excluding hydrogens is 276 g/mol. The average Bonchev–Trinajstić information content (AvgIpc) is 3.30. The monoisotopic (exact) mass is 294 g/mol. The van der Waals surface area contributed by atoms with E-state index in [4.69, 9.17) is 0 Å². The minimum absolute atomic E-state index is 0.0532. The summed E-state index contributed by atoms with van der Waals surface area (Å²) < 4.78 is 0. The van der Waals surface area contributed by atoms with E-state index in [1.165, 1.54) is 12.5 Å². The number of carbonyl (C=O) groups is 2. The molecule has 1 saturated carbocycles. The molecule has 0 aliphatic heterocycles. The van der Waals surface area contributed by atoms with Crippen molar-refractivity contribution in [3.05, 3.63) is 60.2 Å². The fraction of sp³-hybridized carbons (Fsp3) is 0.222. The van der Waals surface area contributed by atoms with Crippen molar-refractivity contribution in [2.75, 3.05) is 10.6 Å². The Balaban J connectivity index is 1.58. The van der Waals surface area contributed by atoms with Gasteiger partial charge >= 0.3 is 0 Å². The minimum Gasteiger partial charge on any atom is -0.326 e. The van der Waals surface area contributed by atoms with Gasteiger partial charge in [0, 0.05) is 24.2 Å². The zero-order chi connectivity index (χ0) is 15.5. The van der Waals surface area contributed by atoms with Crippen molar-refractivity contribution in [2.24, 2.45) is 5.92 Å². The Morgan fingerprint density at radius 3 is 2.09 bits per heavy atom. The molecule has 112 valence electrons. The van der Waals surface area contributed by atoms with Gasteiger partial charge in [0.2, 0.25) is 11.8 Å². The molecule has 1 aliphatic carbocycles. The third-order valence-corrected chi connectivity index (χ3v) is 3.83. The van der Waals surface area contributed by atoms with Crippen LogP contribution in [0.2, 0.25) is 0 Å². The highest BCUT2D eigenvalue weighted by molar-refractivity contribution is 5.95. The van der Waals surface area contributed by atoms with Crippen molar-refractivity contribution in [1.82, 2.24) is 0 Å². The van der Waals surface area contributed by atoms with E-state index < -0.39 is 0 Å². The van der Waals surface area contributed by atoms with E-state index in [2.05, 4.69) is 22.8 Å². The Kier molecular flexibility index (Phi) is 3.92. The predicted octanol–water partition coefficient (Wildman–Crippen LogP) is 3.39. The summed E-state index contributed by atoms with van der Waals surface area (Å²) in [6, 6.07) is 17.3. The molecule has 4 heteroatoms. The molecule has 4 nitrogen and oxygen atoms in total. The Hall–Kier alpha value is -2.62. The van der Waals surface area contributed by atoms with Crippen molar-refractivity contribution in [3.8, 4) is 0 Å². The number of benzene rings is 2. The summed E-state index contributed by atoms with van der Waals surface area (Å²) in [5, 5.41) is 5.63. The lowest BCUT2D eigenvalue weighted by molar-refractivity contribution is -0.117. The Morgan fingerprint density at radius 1 is 0.909 bits per heavy atom. The first-order valence-electron chi connectivity index (χ1n) is 7.37. The smallest absolute Gasteiger partial charge is 0.228 e. The van der Waals surface area contributed by atoms with Crippen LogP contribution in [0.1, 0.15) is 24.8 Å². The molecule has 2 N–H and O–H groups in total. The normalized spacial score (nSPS) is 19.3. The number of hydrogen-bond donors (Lipinski definition) is 2. The molecule has 0 spiro atoms. The van der Waals surface area contributed by atoms with E-state index in [1.807, 2.05) is 18.2 Å². The van der Waals surface area contributed by atoms with Gasteiger partial charge in [0.15, 0.2) is 0 Å². The SMILES string of the molecule is CC(=O)Nc1ccc(NC(=O)[C@H]2C[C@@H]2c2ccccc2)cc1. The molecule has 2 atom stereocenters. The van der Waals surface area contributed by atoms with Crippen LogP contribution in [0.5, 0.6) is 0 Å². The zero-order valence-corrected chi connectivity index (χ0v) is 12.4. The second-order valence-corrected chi connectivity index (χ2v) is 5.61. The maximum Gasteiger partial charge on any atom is 0.228 e. The molecule has 0 saturated heterocycles. The van der Waals surface area contributed by atoms with Crippen molar-refractivity contribution < 1.29 is 9.59 Å². The lowest BCUT2D eigenvalue weighted by Crippen LogP contribution is -2.14. The molecule has 2 aromatic carbocycles. The third kappa shape index (κ3) is 3.34. The first kappa shape index (κ1) is 14.3. The number of amides is 2. The second-order valence-electron chi connectivity index (χ2n) is 5.61. The van der Waals surface area contributed by atoms with E-state index in [0.29, 0.717) is 5.92 Å². The van der Waals surface area contributed by atoms with Gasteiger partial charge in [-0.05, 0) is 42.2 Å². The van der Waals surface area contributed by atoms with Crippen LogP contribution in [0.25, 0.3) is 0 Å². The fourth-order valence-corrected chi connectivity index (χ4v) is 2.63. The van der Waals surface area contributed by atoms with Gasteiger partial charge in [-0.2, -0.15) is 0 Å². The Bertz CT molecular complexity index is 680. The van der Waals surface area contributed by atoms with Crippen molar-refractivity contribution in [2.45, 2.75) is 19.3 Å². The van der Waals surface area contributed by atoms with Gasteiger partial charge in [-0.3, -0.25) is 9.59 Å². The number of anilines is 2. The summed E-state index contributed by atoms with van der Waals surface area (Å²) in [6.45, 7) is 1.46. The van der Waals surface area contributed by atoms with E-state index >= 15 is 0 Å². The maximum absolute atomic E-state index is 12.2. The molecule has 2 aromatic rings. The lowest BCUT2D eigenvalue weighted by atomic mass is 10.1. The number of carbonyl (C=O) groups excluding carboxylic acids is 2. The van der Waals surface area contributed by atoms with Crippen molar-refractivity contribution in [3.63, 3.8) is 0 Å². The van der Waals surface area contributed by atoms with Gasteiger partial charge in [-0.1, -0.05) is 30.3 Å². The highest BCUT2D eigenvalue weighted by Gasteiger charge is 2.43. The zero-order valence-electron chi connectivity index (χ0n) is 12.4. The molecule has 0 radical (unpaired) electrons. The fourth-order valence-electron chi connectivity index (χ4n) is 2.63. The highest BCUT2D eigenvalue weighted by atomic mass is 16.2. The first-order valence-corrected chi connectivity index (χ1v) is 7.37. The molecule has 2 amide bonds. The summed E-state index contributed by atoms with van der Waals surface area (Å²) in [5.41, 5.74) is 2.69. The van der Waals surface area contributed by atoms with Crippen LogP contribution in [0.4, 0.5) is 11.4 Å². The van der Waals surface area contributed by atoms with Crippen LogP contribution in [-0.4, -0.2) is 11.8 Å². The molecule has 22 heavy (non-hydrogen) atoms. The molecule has 0 aromatic heterocycles. The summed E-state index contributed by atoms with van der Waals surface area (Å²) in [6.07, 6.45) is 0.903. The Morgan fingerprint density at radius 2 is 1.50 bits per heavy atom. The number of nitrogens with one attached hydrogen (secondary N) is 2. The Labute approximate surface area is 129 Å². The summed E-state index contributed by atoms with van der Waals surface area (Å²) in [7, 11) is 0. The van der Waals surface area contributed by atoms with Crippen LogP contribution in [0, 0.1) is 5.92 Å². The maximum atomic E-state index is 12.2.